The van der Waals surface area contributed by atoms with E-state index in [9.17, 15) is 4.79 Å². The molecule has 0 fully saturated rings. The number of hydrogen-bond acceptors (Lipinski definition) is 4. The first-order chi connectivity index (χ1) is 9.79. The molecule has 0 radical (unpaired) electrons. The highest BCUT2D eigenvalue weighted by Crippen LogP contribution is 2.08. The number of methoxy groups -OCH3 is 1. The first kappa shape index (κ1) is 16.6. The van der Waals surface area contributed by atoms with Crippen molar-refractivity contribution in [1.29, 1.82) is 0 Å². The fraction of sp³-hybridized carbons (Fsp3) is 0.533. The summed E-state index contributed by atoms with van der Waals surface area (Å²) >= 11 is 0. The van der Waals surface area contributed by atoms with Gasteiger partial charge in [-0.05, 0) is 31.0 Å². The third kappa shape index (κ3) is 6.14. The number of benzene rings is 1. The summed E-state index contributed by atoms with van der Waals surface area (Å²) in [6.45, 7) is 2.94. The maximum absolute atomic E-state index is 12.1. The van der Waals surface area contributed by atoms with Crippen LogP contribution in [0.5, 0.6) is 0 Å². The zero-order valence-electron chi connectivity index (χ0n) is 12.1. The summed E-state index contributed by atoms with van der Waals surface area (Å²) in [4.78, 5) is 12.1. The Bertz CT molecular complexity index is 396. The van der Waals surface area contributed by atoms with Crippen LogP contribution in [0.2, 0.25) is 0 Å². The standard InChI is InChI=1S/C15H24N2O3/c1-19-11-12-20-10-4-9-17-15(18)14-6-3-2-5-13(14)7-8-16/h2-3,5-6H,4,7-12,16H2,1H3,(H,17,18). The third-order valence-electron chi connectivity index (χ3n) is 2.86. The van der Waals surface area contributed by atoms with Crippen LogP contribution in [0.15, 0.2) is 24.3 Å². The van der Waals surface area contributed by atoms with Crippen LogP contribution < -0.4 is 11.1 Å². The highest BCUT2D eigenvalue weighted by atomic mass is 16.5. The minimum Gasteiger partial charge on any atom is -0.382 e. The summed E-state index contributed by atoms with van der Waals surface area (Å²) in [5.41, 5.74) is 7.25. The largest absolute Gasteiger partial charge is 0.382 e. The number of carbonyl (C=O) groups is 1. The van der Waals surface area contributed by atoms with Gasteiger partial charge in [0.1, 0.15) is 0 Å². The first-order valence-corrected chi connectivity index (χ1v) is 6.92. The minimum atomic E-state index is -0.0501. The predicted molar refractivity (Wildman–Crippen MR) is 78.8 cm³/mol. The Kier molecular flexibility index (Phi) is 8.62. The van der Waals surface area contributed by atoms with Crippen LogP contribution in [0.25, 0.3) is 0 Å². The van der Waals surface area contributed by atoms with Crippen molar-refractivity contribution in [3.63, 3.8) is 0 Å². The summed E-state index contributed by atoms with van der Waals surface area (Å²) < 4.78 is 10.2. The van der Waals surface area contributed by atoms with E-state index in [1.807, 2.05) is 24.3 Å². The van der Waals surface area contributed by atoms with E-state index in [4.69, 9.17) is 15.2 Å². The fourth-order valence-corrected chi connectivity index (χ4v) is 1.83. The predicted octanol–water partition coefficient (Wildman–Crippen LogP) is 0.971. The third-order valence-corrected chi connectivity index (χ3v) is 2.86. The van der Waals surface area contributed by atoms with Crippen molar-refractivity contribution >= 4 is 5.91 Å². The molecular formula is C15H24N2O3. The van der Waals surface area contributed by atoms with Crippen LogP contribution in [-0.2, 0) is 15.9 Å². The van der Waals surface area contributed by atoms with Gasteiger partial charge in [0.15, 0.2) is 0 Å². The van der Waals surface area contributed by atoms with Gasteiger partial charge in [0, 0.05) is 25.8 Å². The average Bonchev–Trinajstić information content (AvgIpc) is 2.47. The molecule has 0 atom stereocenters. The van der Waals surface area contributed by atoms with Crippen LogP contribution in [-0.4, -0.2) is 45.9 Å². The second-order valence-corrected chi connectivity index (χ2v) is 4.41. The maximum atomic E-state index is 12.1. The lowest BCUT2D eigenvalue weighted by Gasteiger charge is -2.09. The molecule has 0 aromatic heterocycles. The van der Waals surface area contributed by atoms with Crippen LogP contribution in [0.3, 0.4) is 0 Å². The number of rotatable bonds is 10. The lowest BCUT2D eigenvalue weighted by molar-refractivity contribution is 0.0688. The molecule has 20 heavy (non-hydrogen) atoms. The van der Waals surface area contributed by atoms with Crippen molar-refractivity contribution < 1.29 is 14.3 Å². The summed E-state index contributed by atoms with van der Waals surface area (Å²) in [7, 11) is 1.64. The SMILES string of the molecule is COCCOCCCNC(=O)c1ccccc1CCN. The van der Waals surface area contributed by atoms with Crippen LogP contribution >= 0.6 is 0 Å². The minimum absolute atomic E-state index is 0.0501. The van der Waals surface area contributed by atoms with E-state index in [0.29, 0.717) is 44.9 Å². The number of amides is 1. The molecule has 0 aliphatic carbocycles. The molecule has 1 amide bonds. The van der Waals surface area contributed by atoms with Gasteiger partial charge in [0.25, 0.3) is 5.91 Å². The molecular weight excluding hydrogens is 256 g/mol. The van der Waals surface area contributed by atoms with Gasteiger partial charge in [-0.3, -0.25) is 4.79 Å². The molecule has 1 aromatic carbocycles. The Morgan fingerprint density at radius 3 is 2.80 bits per heavy atom. The van der Waals surface area contributed by atoms with Crippen molar-refractivity contribution in [2.24, 2.45) is 5.73 Å². The lowest BCUT2D eigenvalue weighted by Crippen LogP contribution is -2.26. The molecule has 0 aliphatic rings. The van der Waals surface area contributed by atoms with Crippen molar-refractivity contribution in [3.05, 3.63) is 35.4 Å². The summed E-state index contributed by atoms with van der Waals surface area (Å²) in [5.74, 6) is -0.0501. The second kappa shape index (κ2) is 10.4. The summed E-state index contributed by atoms with van der Waals surface area (Å²) in [6, 6.07) is 7.55. The Labute approximate surface area is 120 Å². The molecule has 0 saturated heterocycles. The van der Waals surface area contributed by atoms with Gasteiger partial charge in [-0.25, -0.2) is 0 Å². The van der Waals surface area contributed by atoms with Crippen molar-refractivity contribution in [3.8, 4) is 0 Å². The molecule has 0 saturated carbocycles. The van der Waals surface area contributed by atoms with Gasteiger partial charge in [-0.2, -0.15) is 0 Å². The summed E-state index contributed by atoms with van der Waals surface area (Å²) in [5, 5.41) is 2.90. The van der Waals surface area contributed by atoms with Gasteiger partial charge in [0.2, 0.25) is 0 Å². The van der Waals surface area contributed by atoms with Crippen LogP contribution in [0.1, 0.15) is 22.3 Å². The molecule has 0 aliphatic heterocycles. The monoisotopic (exact) mass is 280 g/mol. The van der Waals surface area contributed by atoms with Gasteiger partial charge < -0.3 is 20.5 Å². The zero-order chi connectivity index (χ0) is 14.6. The molecule has 112 valence electrons. The molecule has 3 N–H and O–H groups in total. The van der Waals surface area contributed by atoms with Crippen LogP contribution in [0, 0.1) is 0 Å². The highest BCUT2D eigenvalue weighted by molar-refractivity contribution is 5.95. The van der Waals surface area contributed by atoms with E-state index in [2.05, 4.69) is 5.32 Å². The lowest BCUT2D eigenvalue weighted by atomic mass is 10.0. The van der Waals surface area contributed by atoms with E-state index in [-0.39, 0.29) is 5.91 Å². The van der Waals surface area contributed by atoms with E-state index >= 15 is 0 Å². The molecule has 5 nitrogen and oxygen atoms in total. The number of ether oxygens (including phenoxy) is 2. The first-order valence-electron chi connectivity index (χ1n) is 6.92. The molecule has 1 rings (SSSR count). The van der Waals surface area contributed by atoms with E-state index < -0.39 is 0 Å². The molecule has 0 heterocycles. The Morgan fingerprint density at radius 2 is 2.05 bits per heavy atom. The highest BCUT2D eigenvalue weighted by Gasteiger charge is 2.09. The van der Waals surface area contributed by atoms with Crippen molar-refractivity contribution in [1.82, 2.24) is 5.32 Å². The topological polar surface area (TPSA) is 73.6 Å². The molecule has 1 aromatic rings. The Morgan fingerprint density at radius 1 is 1.25 bits per heavy atom. The van der Waals surface area contributed by atoms with Gasteiger partial charge in [0.05, 0.1) is 13.2 Å². The fourth-order valence-electron chi connectivity index (χ4n) is 1.83. The van der Waals surface area contributed by atoms with Gasteiger partial charge >= 0.3 is 0 Å². The number of hydrogen-bond donors (Lipinski definition) is 2. The smallest absolute Gasteiger partial charge is 0.251 e. The summed E-state index contributed by atoms with van der Waals surface area (Å²) in [6.07, 6.45) is 1.50. The van der Waals surface area contributed by atoms with E-state index in [1.54, 1.807) is 7.11 Å². The van der Waals surface area contributed by atoms with E-state index in [1.165, 1.54) is 0 Å². The zero-order valence-corrected chi connectivity index (χ0v) is 12.1. The maximum Gasteiger partial charge on any atom is 0.251 e. The van der Waals surface area contributed by atoms with Gasteiger partial charge in [-0.15, -0.1) is 0 Å². The number of nitrogens with two attached hydrogens (primary N) is 1. The Balaban J connectivity index is 2.29. The molecule has 0 bridgehead atoms. The number of nitrogens with one attached hydrogen (secondary N) is 1. The second-order valence-electron chi connectivity index (χ2n) is 4.41. The van der Waals surface area contributed by atoms with Crippen molar-refractivity contribution in [2.45, 2.75) is 12.8 Å². The van der Waals surface area contributed by atoms with Crippen molar-refractivity contribution in [2.75, 3.05) is 40.0 Å². The Hall–Kier alpha value is -1.43. The molecule has 0 spiro atoms. The quantitative estimate of drug-likeness (QED) is 0.626. The molecule has 5 heteroatoms. The normalized spacial score (nSPS) is 10.5. The van der Waals surface area contributed by atoms with E-state index in [0.717, 1.165) is 12.0 Å². The average molecular weight is 280 g/mol. The van der Waals surface area contributed by atoms with Gasteiger partial charge in [-0.1, -0.05) is 18.2 Å². The molecule has 0 unspecified atom stereocenters. The van der Waals surface area contributed by atoms with Crippen LogP contribution in [0.4, 0.5) is 0 Å². The number of carbonyl (C=O) groups excluding carboxylic acids is 1.